The van der Waals surface area contributed by atoms with Crippen molar-refractivity contribution in [1.82, 2.24) is 5.32 Å². The molecule has 0 bridgehead atoms. The first-order valence-electron chi connectivity index (χ1n) is 7.41. The maximum Gasteiger partial charge on any atom is 0.161 e. The molecular weight excluding hydrogens is 250 g/mol. The van der Waals surface area contributed by atoms with E-state index in [-0.39, 0.29) is 0 Å². The highest BCUT2D eigenvalue weighted by molar-refractivity contribution is 5.42. The fourth-order valence-electron chi connectivity index (χ4n) is 2.61. The third-order valence-electron chi connectivity index (χ3n) is 3.87. The van der Waals surface area contributed by atoms with E-state index in [4.69, 9.17) is 9.47 Å². The molecule has 20 heavy (non-hydrogen) atoms. The normalized spacial score (nSPS) is 11.4. The summed E-state index contributed by atoms with van der Waals surface area (Å²) in [5.41, 5.74) is 1.22. The fourth-order valence-corrected chi connectivity index (χ4v) is 2.61. The molecule has 1 N–H and O–H groups in total. The molecule has 0 unspecified atom stereocenters. The molecule has 0 aliphatic heterocycles. The molecule has 0 heterocycles. The van der Waals surface area contributed by atoms with Gasteiger partial charge in [0.15, 0.2) is 11.5 Å². The van der Waals surface area contributed by atoms with Gasteiger partial charge < -0.3 is 14.8 Å². The topological polar surface area (TPSA) is 30.5 Å². The number of hydrogen-bond donors (Lipinski definition) is 1. The minimum Gasteiger partial charge on any atom is -0.493 e. The summed E-state index contributed by atoms with van der Waals surface area (Å²) in [6.07, 6.45) is 0. The Bertz CT molecular complexity index is 394. The molecule has 0 saturated carbocycles. The van der Waals surface area contributed by atoms with Crippen LogP contribution in [0.1, 0.15) is 33.3 Å². The van der Waals surface area contributed by atoms with Crippen molar-refractivity contribution >= 4 is 0 Å². The van der Waals surface area contributed by atoms with Gasteiger partial charge in [-0.05, 0) is 42.0 Å². The average Bonchev–Trinajstić information content (AvgIpc) is 2.42. The van der Waals surface area contributed by atoms with Crippen LogP contribution < -0.4 is 14.8 Å². The van der Waals surface area contributed by atoms with Gasteiger partial charge in [-0.25, -0.2) is 0 Å². The average molecular weight is 279 g/mol. The predicted octanol–water partition coefficient (Wildman–Crippen LogP) is 3.72. The van der Waals surface area contributed by atoms with Crippen molar-refractivity contribution < 1.29 is 9.47 Å². The lowest BCUT2D eigenvalue weighted by Gasteiger charge is -2.25. The standard InChI is InChI=1S/C17H29NO2/c1-12(2)15(13(3)4)11-18-10-14-7-8-16(19-5)17(9-14)20-6/h7-9,12-13,15,18H,10-11H2,1-6H3. The van der Waals surface area contributed by atoms with Crippen molar-refractivity contribution in [1.29, 1.82) is 0 Å². The van der Waals surface area contributed by atoms with Gasteiger partial charge in [-0.3, -0.25) is 0 Å². The van der Waals surface area contributed by atoms with Gasteiger partial charge in [-0.2, -0.15) is 0 Å². The van der Waals surface area contributed by atoms with E-state index in [9.17, 15) is 0 Å². The van der Waals surface area contributed by atoms with Crippen molar-refractivity contribution in [3.63, 3.8) is 0 Å². The Morgan fingerprint density at radius 1 is 0.950 bits per heavy atom. The first-order valence-corrected chi connectivity index (χ1v) is 7.41. The molecule has 114 valence electrons. The summed E-state index contributed by atoms with van der Waals surface area (Å²) >= 11 is 0. The van der Waals surface area contributed by atoms with Crippen molar-refractivity contribution in [3.05, 3.63) is 23.8 Å². The number of ether oxygens (including phenoxy) is 2. The Hall–Kier alpha value is -1.22. The van der Waals surface area contributed by atoms with Gasteiger partial charge in [0.05, 0.1) is 14.2 Å². The number of benzene rings is 1. The van der Waals surface area contributed by atoms with E-state index in [0.717, 1.165) is 24.6 Å². The Kier molecular flexibility index (Phi) is 6.86. The summed E-state index contributed by atoms with van der Waals surface area (Å²) < 4.78 is 10.6. The molecule has 0 radical (unpaired) electrons. The van der Waals surface area contributed by atoms with Gasteiger partial charge in [-0.1, -0.05) is 33.8 Å². The molecule has 1 rings (SSSR count). The second kappa shape index (κ2) is 8.15. The maximum atomic E-state index is 5.33. The third-order valence-corrected chi connectivity index (χ3v) is 3.87. The molecule has 0 amide bonds. The van der Waals surface area contributed by atoms with E-state index in [1.54, 1.807) is 14.2 Å². The van der Waals surface area contributed by atoms with Gasteiger partial charge >= 0.3 is 0 Å². The van der Waals surface area contributed by atoms with Gasteiger partial charge in [0.25, 0.3) is 0 Å². The summed E-state index contributed by atoms with van der Waals surface area (Å²) in [6.45, 7) is 11.1. The molecule has 0 aromatic heterocycles. The Morgan fingerprint density at radius 2 is 1.55 bits per heavy atom. The monoisotopic (exact) mass is 279 g/mol. The first-order chi connectivity index (χ1) is 9.49. The predicted molar refractivity (Wildman–Crippen MR) is 84.4 cm³/mol. The quantitative estimate of drug-likeness (QED) is 0.786. The lowest BCUT2D eigenvalue weighted by molar-refractivity contribution is 0.275. The summed E-state index contributed by atoms with van der Waals surface area (Å²) in [6, 6.07) is 6.07. The summed E-state index contributed by atoms with van der Waals surface area (Å²) in [5.74, 6) is 3.67. The lowest BCUT2D eigenvalue weighted by Crippen LogP contribution is -2.29. The minimum atomic E-state index is 0.702. The van der Waals surface area contributed by atoms with Crippen LogP contribution in [0.4, 0.5) is 0 Å². The van der Waals surface area contributed by atoms with Crippen LogP contribution in [0.5, 0.6) is 11.5 Å². The SMILES string of the molecule is COc1ccc(CNCC(C(C)C)C(C)C)cc1OC. The Labute approximate surface area is 123 Å². The van der Waals surface area contributed by atoms with Crippen LogP contribution in [0.15, 0.2) is 18.2 Å². The van der Waals surface area contributed by atoms with Gasteiger partial charge in [0.1, 0.15) is 0 Å². The van der Waals surface area contributed by atoms with Gasteiger partial charge in [0, 0.05) is 6.54 Å². The van der Waals surface area contributed by atoms with E-state index >= 15 is 0 Å². The van der Waals surface area contributed by atoms with Crippen LogP contribution in [0, 0.1) is 17.8 Å². The van der Waals surface area contributed by atoms with Crippen LogP contribution in [0.3, 0.4) is 0 Å². The van der Waals surface area contributed by atoms with Crippen LogP contribution in [0.25, 0.3) is 0 Å². The molecule has 0 atom stereocenters. The van der Waals surface area contributed by atoms with Gasteiger partial charge in [0.2, 0.25) is 0 Å². The van der Waals surface area contributed by atoms with Crippen molar-refractivity contribution in [2.45, 2.75) is 34.2 Å². The molecule has 0 aliphatic rings. The summed E-state index contributed by atoms with van der Waals surface area (Å²) in [5, 5.41) is 3.56. The zero-order valence-corrected chi connectivity index (χ0v) is 13.7. The van der Waals surface area contributed by atoms with Crippen LogP contribution >= 0.6 is 0 Å². The van der Waals surface area contributed by atoms with E-state index < -0.39 is 0 Å². The van der Waals surface area contributed by atoms with Crippen molar-refractivity contribution in [2.24, 2.45) is 17.8 Å². The number of methoxy groups -OCH3 is 2. The highest BCUT2D eigenvalue weighted by atomic mass is 16.5. The molecule has 0 fully saturated rings. The van der Waals surface area contributed by atoms with Crippen molar-refractivity contribution in [2.75, 3.05) is 20.8 Å². The second-order valence-electron chi connectivity index (χ2n) is 5.97. The molecular formula is C17H29NO2. The molecule has 1 aromatic rings. The van der Waals surface area contributed by atoms with Gasteiger partial charge in [-0.15, -0.1) is 0 Å². The first kappa shape index (κ1) is 16.8. The van der Waals surface area contributed by atoms with E-state index in [1.165, 1.54) is 5.56 Å². The summed E-state index contributed by atoms with van der Waals surface area (Å²) in [7, 11) is 3.33. The zero-order chi connectivity index (χ0) is 15.1. The third kappa shape index (κ3) is 4.71. The Balaban J connectivity index is 2.57. The highest BCUT2D eigenvalue weighted by Gasteiger charge is 2.16. The number of hydrogen-bond acceptors (Lipinski definition) is 3. The smallest absolute Gasteiger partial charge is 0.161 e. The summed E-state index contributed by atoms with van der Waals surface area (Å²) in [4.78, 5) is 0. The minimum absolute atomic E-state index is 0.702. The largest absolute Gasteiger partial charge is 0.493 e. The second-order valence-corrected chi connectivity index (χ2v) is 5.97. The molecule has 1 aromatic carbocycles. The molecule has 3 nitrogen and oxygen atoms in total. The zero-order valence-electron chi connectivity index (χ0n) is 13.7. The van der Waals surface area contributed by atoms with E-state index in [1.807, 2.05) is 12.1 Å². The highest BCUT2D eigenvalue weighted by Crippen LogP contribution is 2.27. The molecule has 3 heteroatoms. The van der Waals surface area contributed by atoms with E-state index in [0.29, 0.717) is 17.8 Å². The van der Waals surface area contributed by atoms with Crippen LogP contribution in [0.2, 0.25) is 0 Å². The van der Waals surface area contributed by atoms with Crippen molar-refractivity contribution in [3.8, 4) is 11.5 Å². The molecule has 0 saturated heterocycles. The fraction of sp³-hybridized carbons (Fsp3) is 0.647. The van der Waals surface area contributed by atoms with E-state index in [2.05, 4.69) is 39.1 Å². The number of nitrogens with one attached hydrogen (secondary N) is 1. The van der Waals surface area contributed by atoms with Crippen LogP contribution in [-0.2, 0) is 6.54 Å². The maximum absolute atomic E-state index is 5.33. The molecule has 0 spiro atoms. The Morgan fingerprint density at radius 3 is 2.05 bits per heavy atom. The lowest BCUT2D eigenvalue weighted by atomic mass is 9.85. The van der Waals surface area contributed by atoms with Crippen LogP contribution in [-0.4, -0.2) is 20.8 Å². The molecule has 0 aliphatic carbocycles. The number of rotatable bonds is 8.